The second-order valence-corrected chi connectivity index (χ2v) is 4.33. The van der Waals surface area contributed by atoms with E-state index in [1.807, 2.05) is 36.4 Å². The zero-order valence-electron chi connectivity index (χ0n) is 9.94. The van der Waals surface area contributed by atoms with E-state index in [0.717, 1.165) is 5.56 Å². The summed E-state index contributed by atoms with van der Waals surface area (Å²) in [6.07, 6.45) is 3.51. The molecule has 0 spiro atoms. The Hall–Kier alpha value is -1.50. The highest BCUT2D eigenvalue weighted by atomic mass is 35.5. The molecule has 0 N–H and O–H groups in total. The number of benzene rings is 2. The van der Waals surface area contributed by atoms with Gasteiger partial charge in [0.05, 0.1) is 0 Å². The van der Waals surface area contributed by atoms with Crippen LogP contribution in [0.4, 0.5) is 0 Å². The third-order valence-corrected chi connectivity index (χ3v) is 2.79. The van der Waals surface area contributed by atoms with E-state index in [9.17, 15) is 0 Å². The smallest absolute Gasteiger partial charge is 0.0479 e. The Labute approximate surface area is 118 Å². The van der Waals surface area contributed by atoms with Crippen LogP contribution in [0.1, 0.15) is 11.1 Å². The molecule has 0 saturated heterocycles. The molecule has 0 bridgehead atoms. The van der Waals surface area contributed by atoms with Crippen LogP contribution in [-0.2, 0) is 0 Å². The van der Waals surface area contributed by atoms with Gasteiger partial charge >= 0.3 is 0 Å². The molecule has 0 amide bonds. The summed E-state index contributed by atoms with van der Waals surface area (Å²) in [6, 6.07) is 15.3. The minimum atomic E-state index is 0.680. The molecule has 2 rings (SSSR count). The third kappa shape index (κ3) is 4.79. The van der Waals surface area contributed by atoms with E-state index in [2.05, 4.69) is 13.2 Å². The molecule has 0 saturated carbocycles. The van der Waals surface area contributed by atoms with Crippen molar-refractivity contribution in [1.82, 2.24) is 0 Å². The predicted octanol–water partition coefficient (Wildman–Crippen LogP) is 5.97. The maximum Gasteiger partial charge on any atom is 0.0479 e. The number of rotatable bonds is 2. The van der Waals surface area contributed by atoms with Crippen LogP contribution >= 0.6 is 23.2 Å². The first-order chi connectivity index (χ1) is 8.67. The zero-order chi connectivity index (χ0) is 13.4. The first-order valence-electron chi connectivity index (χ1n) is 5.42. The maximum atomic E-state index is 5.77. The van der Waals surface area contributed by atoms with Gasteiger partial charge in [-0.05, 0) is 29.3 Å². The summed E-state index contributed by atoms with van der Waals surface area (Å²) in [6.45, 7) is 7.22. The van der Waals surface area contributed by atoms with E-state index in [4.69, 9.17) is 23.2 Å². The lowest BCUT2D eigenvalue weighted by atomic mass is 10.2. The van der Waals surface area contributed by atoms with E-state index < -0.39 is 0 Å². The average molecular weight is 277 g/mol. The van der Waals surface area contributed by atoms with Crippen molar-refractivity contribution < 1.29 is 0 Å². The van der Waals surface area contributed by atoms with Gasteiger partial charge in [-0.1, -0.05) is 78.8 Å². The first-order valence-corrected chi connectivity index (χ1v) is 6.18. The van der Waals surface area contributed by atoms with Crippen molar-refractivity contribution in [3.05, 3.63) is 82.9 Å². The van der Waals surface area contributed by atoms with Gasteiger partial charge in [0.2, 0.25) is 0 Å². The summed E-state index contributed by atoms with van der Waals surface area (Å²) >= 11 is 11.5. The van der Waals surface area contributed by atoms with Crippen LogP contribution in [0.25, 0.3) is 12.2 Å². The molecular weight excluding hydrogens is 263 g/mol. The third-order valence-electron chi connectivity index (χ3n) is 2.21. The molecule has 18 heavy (non-hydrogen) atoms. The van der Waals surface area contributed by atoms with Gasteiger partial charge in [0.15, 0.2) is 0 Å². The van der Waals surface area contributed by atoms with Crippen molar-refractivity contribution in [1.29, 1.82) is 0 Å². The van der Waals surface area contributed by atoms with Gasteiger partial charge in [0.25, 0.3) is 0 Å². The molecule has 0 radical (unpaired) electrons. The van der Waals surface area contributed by atoms with E-state index in [0.29, 0.717) is 10.0 Å². The fourth-order valence-corrected chi connectivity index (χ4v) is 1.64. The Balaban J connectivity index is 0.000000184. The summed E-state index contributed by atoms with van der Waals surface area (Å²) in [5.74, 6) is 0. The quantitative estimate of drug-likeness (QED) is 0.634. The van der Waals surface area contributed by atoms with Crippen molar-refractivity contribution in [2.45, 2.75) is 0 Å². The normalized spacial score (nSPS) is 9.00. The number of hydrogen-bond donors (Lipinski definition) is 0. The molecule has 0 aliphatic carbocycles. The maximum absolute atomic E-state index is 5.77. The molecule has 0 aromatic heterocycles. The van der Waals surface area contributed by atoms with Gasteiger partial charge in [0.1, 0.15) is 0 Å². The molecule has 0 atom stereocenters. The summed E-state index contributed by atoms with van der Waals surface area (Å²) in [5.41, 5.74) is 2.04. The van der Waals surface area contributed by atoms with Crippen molar-refractivity contribution >= 4 is 35.4 Å². The van der Waals surface area contributed by atoms with Crippen LogP contribution < -0.4 is 0 Å². The van der Waals surface area contributed by atoms with Crippen LogP contribution in [0.2, 0.25) is 10.0 Å². The fraction of sp³-hybridized carbons (Fsp3) is 0. The van der Waals surface area contributed by atoms with Crippen molar-refractivity contribution in [2.24, 2.45) is 0 Å². The molecule has 0 unspecified atom stereocenters. The molecule has 92 valence electrons. The van der Waals surface area contributed by atoms with Crippen LogP contribution in [0, 0.1) is 0 Å². The number of halogens is 2. The monoisotopic (exact) mass is 276 g/mol. The Morgan fingerprint density at radius 2 is 1.50 bits per heavy atom. The fourth-order valence-electron chi connectivity index (χ4n) is 1.26. The molecule has 2 heteroatoms. The average Bonchev–Trinajstić information content (AvgIpc) is 2.43. The van der Waals surface area contributed by atoms with Crippen molar-refractivity contribution in [2.75, 3.05) is 0 Å². The zero-order valence-corrected chi connectivity index (χ0v) is 11.5. The highest BCUT2D eigenvalue weighted by Crippen LogP contribution is 2.20. The first kappa shape index (κ1) is 14.6. The summed E-state index contributed by atoms with van der Waals surface area (Å²) in [5, 5.41) is 1.36. The second-order valence-electron chi connectivity index (χ2n) is 3.48. The molecule has 0 fully saturated rings. The predicted molar refractivity (Wildman–Crippen MR) is 83.1 cm³/mol. The van der Waals surface area contributed by atoms with Gasteiger partial charge in [-0.2, -0.15) is 0 Å². The van der Waals surface area contributed by atoms with Gasteiger partial charge < -0.3 is 0 Å². The van der Waals surface area contributed by atoms with Gasteiger partial charge in [-0.3, -0.25) is 0 Å². The molecule has 2 aromatic carbocycles. The molecule has 2 aromatic rings. The molecule has 0 heterocycles. The van der Waals surface area contributed by atoms with E-state index in [1.54, 1.807) is 24.3 Å². The van der Waals surface area contributed by atoms with Crippen LogP contribution in [0.5, 0.6) is 0 Å². The Bertz CT molecular complexity index is 516. The Kier molecular flexibility index (Phi) is 6.27. The van der Waals surface area contributed by atoms with Crippen molar-refractivity contribution in [3.8, 4) is 0 Å². The summed E-state index contributed by atoms with van der Waals surface area (Å²) < 4.78 is 0. The highest BCUT2D eigenvalue weighted by Gasteiger charge is 1.94. The van der Waals surface area contributed by atoms with Gasteiger partial charge in [-0.15, -0.1) is 0 Å². The minimum Gasteiger partial charge on any atom is -0.0985 e. The lowest BCUT2D eigenvalue weighted by Gasteiger charge is -1.96. The highest BCUT2D eigenvalue weighted by molar-refractivity contribution is 6.34. The largest absolute Gasteiger partial charge is 0.0985 e. The number of hydrogen-bond acceptors (Lipinski definition) is 0. The van der Waals surface area contributed by atoms with E-state index in [1.165, 1.54) is 5.56 Å². The van der Waals surface area contributed by atoms with Gasteiger partial charge in [-0.25, -0.2) is 0 Å². The van der Waals surface area contributed by atoms with E-state index >= 15 is 0 Å². The topological polar surface area (TPSA) is 0 Å². The minimum absolute atomic E-state index is 0.680. The summed E-state index contributed by atoms with van der Waals surface area (Å²) in [4.78, 5) is 0. The van der Waals surface area contributed by atoms with Crippen LogP contribution in [0.3, 0.4) is 0 Å². The molecule has 0 aliphatic rings. The standard InChI is InChI=1S/C8H6Cl2.C8H8/c1-2-6-5-7(9)3-4-8(6)10;1-2-8-6-4-3-5-7-8/h2-5H,1H2;2-7H,1H2. The summed E-state index contributed by atoms with van der Waals surface area (Å²) in [7, 11) is 0. The molecule has 0 aliphatic heterocycles. The Morgan fingerprint density at radius 1 is 0.833 bits per heavy atom. The molecular formula is C16H14Cl2. The lowest BCUT2D eigenvalue weighted by molar-refractivity contribution is 1.66. The second kappa shape index (κ2) is 7.75. The lowest BCUT2D eigenvalue weighted by Crippen LogP contribution is -1.72. The molecule has 0 nitrogen and oxygen atoms in total. The Morgan fingerprint density at radius 3 is 1.94 bits per heavy atom. The van der Waals surface area contributed by atoms with Crippen molar-refractivity contribution in [3.63, 3.8) is 0 Å². The SMILES string of the molecule is C=Cc1cc(Cl)ccc1Cl.C=Cc1ccccc1. The van der Waals surface area contributed by atoms with Crippen LogP contribution in [0.15, 0.2) is 61.7 Å². The van der Waals surface area contributed by atoms with Gasteiger partial charge in [0, 0.05) is 10.0 Å². The van der Waals surface area contributed by atoms with Crippen LogP contribution in [-0.4, -0.2) is 0 Å². The van der Waals surface area contributed by atoms with E-state index in [-0.39, 0.29) is 0 Å².